The van der Waals surface area contributed by atoms with Crippen LogP contribution in [-0.4, -0.2) is 18.7 Å². The lowest BCUT2D eigenvalue weighted by molar-refractivity contribution is 0.459. The number of benzene rings is 1. The molecule has 0 saturated carbocycles. The third-order valence-corrected chi connectivity index (χ3v) is 3.74. The summed E-state index contributed by atoms with van der Waals surface area (Å²) in [5.74, 6) is -0.211. The molecule has 0 aromatic heterocycles. The van der Waals surface area contributed by atoms with E-state index in [-0.39, 0.29) is 5.75 Å². The van der Waals surface area contributed by atoms with Crippen molar-refractivity contribution < 1.29 is 13.0 Å². The summed E-state index contributed by atoms with van der Waals surface area (Å²) in [7, 11) is -4.01. The van der Waals surface area contributed by atoms with E-state index < -0.39 is 10.1 Å². The standard InChI is InChI=1S/C14H22O3S/c15-18(16,17)13-9-4-2-1-3-6-10-14-11-7-5-8-12-14/h5,7-8,11-12H,1-4,6,9-10,13H2,(H,15,16,17)/p-1. The van der Waals surface area contributed by atoms with Crippen LogP contribution in [0.2, 0.25) is 0 Å². The molecule has 0 saturated heterocycles. The molecule has 0 aliphatic heterocycles. The zero-order valence-corrected chi connectivity index (χ0v) is 11.5. The normalized spacial score (nSPS) is 11.6. The average molecular weight is 269 g/mol. The van der Waals surface area contributed by atoms with E-state index in [0.29, 0.717) is 6.42 Å². The molecule has 0 aliphatic rings. The van der Waals surface area contributed by atoms with Crippen LogP contribution in [0, 0.1) is 0 Å². The van der Waals surface area contributed by atoms with E-state index in [1.807, 2.05) is 6.07 Å². The third kappa shape index (κ3) is 8.25. The number of unbranched alkanes of at least 4 members (excludes halogenated alkanes) is 5. The van der Waals surface area contributed by atoms with Crippen LogP contribution in [0.25, 0.3) is 0 Å². The quantitative estimate of drug-likeness (QED) is 0.511. The van der Waals surface area contributed by atoms with Crippen molar-refractivity contribution in [2.75, 3.05) is 5.75 Å². The smallest absolute Gasteiger partial charge is 0.0945 e. The summed E-state index contributed by atoms with van der Waals surface area (Å²) in [5, 5.41) is 0. The lowest BCUT2D eigenvalue weighted by Gasteiger charge is -2.06. The van der Waals surface area contributed by atoms with Gasteiger partial charge in [0.15, 0.2) is 0 Å². The molecule has 0 radical (unpaired) electrons. The molecule has 0 aliphatic carbocycles. The van der Waals surface area contributed by atoms with Crippen molar-refractivity contribution in [2.24, 2.45) is 0 Å². The van der Waals surface area contributed by atoms with Gasteiger partial charge in [0.05, 0.1) is 10.1 Å². The maximum atomic E-state index is 10.4. The van der Waals surface area contributed by atoms with Gasteiger partial charge in [0, 0.05) is 5.75 Å². The molecule has 0 spiro atoms. The van der Waals surface area contributed by atoms with Crippen LogP contribution in [0.15, 0.2) is 30.3 Å². The van der Waals surface area contributed by atoms with Crippen LogP contribution >= 0.6 is 0 Å². The van der Waals surface area contributed by atoms with Gasteiger partial charge in [0.1, 0.15) is 0 Å². The van der Waals surface area contributed by atoms with Gasteiger partial charge in [-0.05, 0) is 24.8 Å². The summed E-state index contributed by atoms with van der Waals surface area (Å²) in [6, 6.07) is 10.4. The minimum atomic E-state index is -4.01. The Bertz CT molecular complexity index is 412. The molecule has 0 atom stereocenters. The van der Waals surface area contributed by atoms with E-state index in [1.54, 1.807) is 0 Å². The fourth-order valence-corrected chi connectivity index (χ4v) is 2.52. The summed E-state index contributed by atoms with van der Waals surface area (Å²) < 4.78 is 31.1. The predicted octanol–water partition coefficient (Wildman–Crippen LogP) is 3.11. The molecule has 1 aromatic carbocycles. The Labute approximate surface area is 110 Å². The first-order valence-corrected chi connectivity index (χ1v) is 8.13. The predicted molar refractivity (Wildman–Crippen MR) is 72.4 cm³/mol. The van der Waals surface area contributed by atoms with E-state index in [1.165, 1.54) is 18.4 Å². The molecule has 102 valence electrons. The maximum Gasteiger partial charge on any atom is 0.0945 e. The summed E-state index contributed by atoms with van der Waals surface area (Å²) in [5.41, 5.74) is 1.37. The van der Waals surface area contributed by atoms with Crippen molar-refractivity contribution in [3.05, 3.63) is 35.9 Å². The minimum absolute atomic E-state index is 0.211. The van der Waals surface area contributed by atoms with Crippen LogP contribution in [0.5, 0.6) is 0 Å². The first-order chi connectivity index (χ1) is 8.58. The molecule has 0 bridgehead atoms. The van der Waals surface area contributed by atoms with Gasteiger partial charge >= 0.3 is 0 Å². The second-order valence-corrected chi connectivity index (χ2v) is 6.14. The van der Waals surface area contributed by atoms with E-state index in [4.69, 9.17) is 0 Å². The number of aryl methyl sites for hydroxylation is 1. The Morgan fingerprint density at radius 3 is 2.00 bits per heavy atom. The Hall–Kier alpha value is -0.870. The maximum absolute atomic E-state index is 10.4. The Kier molecular flexibility index (Phi) is 6.98. The van der Waals surface area contributed by atoms with E-state index in [2.05, 4.69) is 24.3 Å². The molecular weight excluding hydrogens is 248 g/mol. The lowest BCUT2D eigenvalue weighted by Crippen LogP contribution is -2.03. The molecule has 1 aromatic rings. The Balaban J connectivity index is 1.93. The first-order valence-electron chi connectivity index (χ1n) is 6.55. The number of hydrogen-bond donors (Lipinski definition) is 0. The highest BCUT2D eigenvalue weighted by atomic mass is 32.2. The first kappa shape index (κ1) is 15.2. The molecular formula is C14H21O3S-. The molecule has 0 N–H and O–H groups in total. The van der Waals surface area contributed by atoms with E-state index in [9.17, 15) is 13.0 Å². The topological polar surface area (TPSA) is 57.2 Å². The van der Waals surface area contributed by atoms with Gasteiger partial charge in [-0.25, -0.2) is 8.42 Å². The fourth-order valence-electron chi connectivity index (χ4n) is 1.96. The molecule has 0 unspecified atom stereocenters. The molecule has 18 heavy (non-hydrogen) atoms. The highest BCUT2D eigenvalue weighted by molar-refractivity contribution is 7.85. The van der Waals surface area contributed by atoms with Crippen LogP contribution in [0.4, 0.5) is 0 Å². The van der Waals surface area contributed by atoms with Gasteiger partial charge in [0.2, 0.25) is 0 Å². The summed E-state index contributed by atoms with van der Waals surface area (Å²) >= 11 is 0. The van der Waals surface area contributed by atoms with Gasteiger partial charge < -0.3 is 4.55 Å². The average Bonchev–Trinajstić information content (AvgIpc) is 2.32. The van der Waals surface area contributed by atoms with Crippen molar-refractivity contribution >= 4 is 10.1 Å². The van der Waals surface area contributed by atoms with Crippen molar-refractivity contribution in [1.82, 2.24) is 0 Å². The van der Waals surface area contributed by atoms with Gasteiger partial charge in [-0.15, -0.1) is 0 Å². The Morgan fingerprint density at radius 1 is 0.833 bits per heavy atom. The van der Waals surface area contributed by atoms with Crippen molar-refractivity contribution in [3.8, 4) is 0 Å². The van der Waals surface area contributed by atoms with Crippen molar-refractivity contribution in [3.63, 3.8) is 0 Å². The van der Waals surface area contributed by atoms with Crippen molar-refractivity contribution in [1.29, 1.82) is 0 Å². The highest BCUT2D eigenvalue weighted by Crippen LogP contribution is 2.10. The molecule has 0 heterocycles. The van der Waals surface area contributed by atoms with E-state index in [0.717, 1.165) is 25.7 Å². The zero-order valence-electron chi connectivity index (χ0n) is 10.7. The SMILES string of the molecule is O=S(=O)([O-])CCCCCCCCc1ccccc1. The fraction of sp³-hybridized carbons (Fsp3) is 0.571. The monoisotopic (exact) mass is 269 g/mol. The largest absolute Gasteiger partial charge is 0.748 e. The van der Waals surface area contributed by atoms with Crippen LogP contribution in [0.1, 0.15) is 44.1 Å². The molecule has 4 heteroatoms. The summed E-state index contributed by atoms with van der Waals surface area (Å²) in [4.78, 5) is 0. The second-order valence-electron chi connectivity index (χ2n) is 4.62. The van der Waals surface area contributed by atoms with Gasteiger partial charge in [-0.2, -0.15) is 0 Å². The van der Waals surface area contributed by atoms with Gasteiger partial charge in [0.25, 0.3) is 0 Å². The Morgan fingerprint density at radius 2 is 1.39 bits per heavy atom. The zero-order chi connectivity index (χ0) is 13.3. The molecule has 0 amide bonds. The minimum Gasteiger partial charge on any atom is -0.748 e. The lowest BCUT2D eigenvalue weighted by atomic mass is 10.1. The van der Waals surface area contributed by atoms with Gasteiger partial charge in [-0.1, -0.05) is 56.0 Å². The summed E-state index contributed by atoms with van der Waals surface area (Å²) in [6.07, 6.45) is 6.92. The third-order valence-electron chi connectivity index (χ3n) is 2.95. The number of rotatable bonds is 9. The van der Waals surface area contributed by atoms with Crippen LogP contribution in [-0.2, 0) is 16.5 Å². The van der Waals surface area contributed by atoms with E-state index >= 15 is 0 Å². The second kappa shape index (κ2) is 8.27. The van der Waals surface area contributed by atoms with Gasteiger partial charge in [-0.3, -0.25) is 0 Å². The summed E-state index contributed by atoms with van der Waals surface area (Å²) in [6.45, 7) is 0. The molecule has 0 fully saturated rings. The van der Waals surface area contributed by atoms with Crippen molar-refractivity contribution in [2.45, 2.75) is 44.9 Å². The molecule has 3 nitrogen and oxygen atoms in total. The molecule has 1 rings (SSSR count). The van der Waals surface area contributed by atoms with Crippen LogP contribution in [0.3, 0.4) is 0 Å². The highest BCUT2D eigenvalue weighted by Gasteiger charge is 1.96. The van der Waals surface area contributed by atoms with Crippen LogP contribution < -0.4 is 0 Å². The number of hydrogen-bond acceptors (Lipinski definition) is 3.